The second kappa shape index (κ2) is 5.29. The Labute approximate surface area is 121 Å². The van der Waals surface area contributed by atoms with E-state index >= 15 is 0 Å². The van der Waals surface area contributed by atoms with Crippen LogP contribution in [0.2, 0.25) is 0 Å². The van der Waals surface area contributed by atoms with Gasteiger partial charge in [0.2, 0.25) is 0 Å². The molecule has 104 valence electrons. The van der Waals surface area contributed by atoms with E-state index in [1.54, 1.807) is 4.90 Å². The SMILES string of the molecule is CN(CC1CCCO1)C(=O)c1cc(Br)cn1C1CC1. The molecular weight excluding hydrogens is 308 g/mol. The smallest absolute Gasteiger partial charge is 0.270 e. The van der Waals surface area contributed by atoms with Crippen molar-refractivity contribution in [3.05, 3.63) is 22.4 Å². The molecule has 2 heterocycles. The Balaban J connectivity index is 1.71. The molecular formula is C14H19BrN2O2. The first-order chi connectivity index (χ1) is 9.15. The molecule has 0 N–H and O–H groups in total. The molecule has 0 radical (unpaired) electrons. The Morgan fingerprint density at radius 3 is 2.95 bits per heavy atom. The summed E-state index contributed by atoms with van der Waals surface area (Å²) >= 11 is 3.47. The molecule has 2 fully saturated rings. The Morgan fingerprint density at radius 2 is 2.32 bits per heavy atom. The van der Waals surface area contributed by atoms with Crippen molar-refractivity contribution >= 4 is 21.8 Å². The van der Waals surface area contributed by atoms with Gasteiger partial charge < -0.3 is 14.2 Å². The molecule has 1 aliphatic heterocycles. The molecule has 3 rings (SSSR count). The largest absolute Gasteiger partial charge is 0.376 e. The summed E-state index contributed by atoms with van der Waals surface area (Å²) < 4.78 is 8.68. The number of nitrogens with zero attached hydrogens (tertiary/aromatic N) is 2. The minimum atomic E-state index is 0.0908. The Kier molecular flexibility index (Phi) is 3.67. The highest BCUT2D eigenvalue weighted by molar-refractivity contribution is 9.10. The number of aromatic nitrogens is 1. The summed E-state index contributed by atoms with van der Waals surface area (Å²) in [6.07, 6.45) is 6.75. The quantitative estimate of drug-likeness (QED) is 0.852. The Morgan fingerprint density at radius 1 is 1.53 bits per heavy atom. The molecule has 2 aliphatic rings. The molecule has 1 amide bonds. The van der Waals surface area contributed by atoms with Crippen LogP contribution in [0.25, 0.3) is 0 Å². The summed E-state index contributed by atoms with van der Waals surface area (Å²) in [5, 5.41) is 0. The summed E-state index contributed by atoms with van der Waals surface area (Å²) in [7, 11) is 1.86. The molecule has 5 heteroatoms. The van der Waals surface area contributed by atoms with Crippen LogP contribution in [0.1, 0.15) is 42.2 Å². The maximum atomic E-state index is 12.5. The predicted molar refractivity (Wildman–Crippen MR) is 76.3 cm³/mol. The summed E-state index contributed by atoms with van der Waals surface area (Å²) in [5.74, 6) is 0.0908. The number of ether oxygens (including phenoxy) is 1. The summed E-state index contributed by atoms with van der Waals surface area (Å²) in [6, 6.07) is 2.44. The van der Waals surface area contributed by atoms with E-state index in [2.05, 4.69) is 20.5 Å². The molecule has 0 spiro atoms. The minimum absolute atomic E-state index is 0.0908. The number of amides is 1. The maximum absolute atomic E-state index is 12.5. The normalized spacial score (nSPS) is 22.7. The van der Waals surface area contributed by atoms with E-state index in [-0.39, 0.29) is 12.0 Å². The third-order valence-corrected chi connectivity index (χ3v) is 4.26. The molecule has 4 nitrogen and oxygen atoms in total. The van der Waals surface area contributed by atoms with Crippen molar-refractivity contribution < 1.29 is 9.53 Å². The Hall–Kier alpha value is -0.810. The van der Waals surface area contributed by atoms with E-state index in [9.17, 15) is 4.79 Å². The van der Waals surface area contributed by atoms with E-state index in [0.717, 1.165) is 29.6 Å². The average Bonchev–Trinajstić information content (AvgIpc) is 2.97. The highest BCUT2D eigenvalue weighted by Crippen LogP contribution is 2.37. The summed E-state index contributed by atoms with van der Waals surface area (Å²) in [6.45, 7) is 1.52. The molecule has 1 atom stereocenters. The monoisotopic (exact) mass is 326 g/mol. The summed E-state index contributed by atoms with van der Waals surface area (Å²) in [4.78, 5) is 14.3. The van der Waals surface area contributed by atoms with Crippen LogP contribution < -0.4 is 0 Å². The topological polar surface area (TPSA) is 34.5 Å². The first-order valence-corrected chi connectivity index (χ1v) is 7.69. The fourth-order valence-electron chi connectivity index (χ4n) is 2.64. The number of likely N-dealkylation sites (N-methyl/N-ethyl adjacent to an activating group) is 1. The number of halogens is 1. The van der Waals surface area contributed by atoms with Gasteiger partial charge in [-0.1, -0.05) is 0 Å². The van der Waals surface area contributed by atoms with Gasteiger partial charge in [0.25, 0.3) is 5.91 Å². The lowest BCUT2D eigenvalue weighted by Crippen LogP contribution is -2.35. The first kappa shape index (κ1) is 13.2. The predicted octanol–water partition coefficient (Wildman–Crippen LogP) is 2.84. The second-order valence-electron chi connectivity index (χ2n) is 5.50. The van der Waals surface area contributed by atoms with Crippen molar-refractivity contribution in [2.75, 3.05) is 20.2 Å². The number of rotatable bonds is 4. The van der Waals surface area contributed by atoms with Gasteiger partial charge in [-0.3, -0.25) is 4.79 Å². The molecule has 1 aromatic rings. The summed E-state index contributed by atoms with van der Waals surface area (Å²) in [5.41, 5.74) is 0.787. The average molecular weight is 327 g/mol. The van der Waals surface area contributed by atoms with Crippen molar-refractivity contribution in [1.29, 1.82) is 0 Å². The van der Waals surface area contributed by atoms with Crippen LogP contribution in [0.5, 0.6) is 0 Å². The van der Waals surface area contributed by atoms with Gasteiger partial charge in [-0.05, 0) is 47.7 Å². The van der Waals surface area contributed by atoms with Crippen LogP contribution in [0.15, 0.2) is 16.7 Å². The van der Waals surface area contributed by atoms with Crippen molar-refractivity contribution in [3.8, 4) is 0 Å². The van der Waals surface area contributed by atoms with E-state index in [1.165, 1.54) is 12.8 Å². The molecule has 1 aliphatic carbocycles. The third kappa shape index (κ3) is 2.87. The van der Waals surface area contributed by atoms with Crippen LogP contribution >= 0.6 is 15.9 Å². The zero-order valence-electron chi connectivity index (χ0n) is 11.1. The van der Waals surface area contributed by atoms with Crippen molar-refractivity contribution in [3.63, 3.8) is 0 Å². The highest BCUT2D eigenvalue weighted by atomic mass is 79.9. The van der Waals surface area contributed by atoms with Crippen molar-refractivity contribution in [1.82, 2.24) is 9.47 Å². The van der Waals surface area contributed by atoms with E-state index in [4.69, 9.17) is 4.74 Å². The lowest BCUT2D eigenvalue weighted by Gasteiger charge is -2.21. The first-order valence-electron chi connectivity index (χ1n) is 6.89. The van der Waals surface area contributed by atoms with Crippen LogP contribution in [0.3, 0.4) is 0 Å². The van der Waals surface area contributed by atoms with Crippen LogP contribution in [-0.4, -0.2) is 41.7 Å². The molecule has 0 bridgehead atoms. The number of hydrogen-bond donors (Lipinski definition) is 0. The van der Waals surface area contributed by atoms with Gasteiger partial charge in [-0.25, -0.2) is 0 Å². The van der Waals surface area contributed by atoms with Gasteiger partial charge >= 0.3 is 0 Å². The fourth-order valence-corrected chi connectivity index (χ4v) is 3.08. The van der Waals surface area contributed by atoms with Gasteiger partial charge in [-0.2, -0.15) is 0 Å². The Bertz CT molecular complexity index is 476. The van der Waals surface area contributed by atoms with Gasteiger partial charge in [0.05, 0.1) is 6.10 Å². The number of carbonyl (C=O) groups is 1. The van der Waals surface area contributed by atoms with E-state index < -0.39 is 0 Å². The van der Waals surface area contributed by atoms with Crippen molar-refractivity contribution in [2.45, 2.75) is 37.8 Å². The molecule has 0 aromatic carbocycles. The molecule has 1 saturated carbocycles. The maximum Gasteiger partial charge on any atom is 0.270 e. The van der Waals surface area contributed by atoms with Crippen molar-refractivity contribution in [2.24, 2.45) is 0 Å². The number of hydrogen-bond acceptors (Lipinski definition) is 2. The fraction of sp³-hybridized carbons (Fsp3) is 0.643. The lowest BCUT2D eigenvalue weighted by molar-refractivity contribution is 0.0579. The van der Waals surface area contributed by atoms with Gasteiger partial charge in [0, 0.05) is 36.9 Å². The molecule has 19 heavy (non-hydrogen) atoms. The zero-order chi connectivity index (χ0) is 13.4. The molecule has 1 saturated heterocycles. The van der Waals surface area contributed by atoms with Crippen LogP contribution in [0.4, 0.5) is 0 Å². The molecule has 1 unspecified atom stereocenters. The highest BCUT2D eigenvalue weighted by Gasteiger charge is 2.29. The number of carbonyl (C=O) groups excluding carboxylic acids is 1. The zero-order valence-corrected chi connectivity index (χ0v) is 12.7. The lowest BCUT2D eigenvalue weighted by atomic mass is 10.2. The molecule has 1 aromatic heterocycles. The standard InChI is InChI=1S/C14H19BrN2O2/c1-16(9-12-3-2-6-19-12)14(18)13-7-10(15)8-17(13)11-4-5-11/h7-8,11-12H,2-6,9H2,1H3. The van der Waals surface area contributed by atoms with Gasteiger partial charge in [0.1, 0.15) is 5.69 Å². The second-order valence-corrected chi connectivity index (χ2v) is 6.42. The van der Waals surface area contributed by atoms with E-state index in [0.29, 0.717) is 12.6 Å². The van der Waals surface area contributed by atoms with Gasteiger partial charge in [0.15, 0.2) is 0 Å². The van der Waals surface area contributed by atoms with Crippen LogP contribution in [0, 0.1) is 0 Å². The minimum Gasteiger partial charge on any atom is -0.376 e. The third-order valence-electron chi connectivity index (χ3n) is 3.82. The van der Waals surface area contributed by atoms with Crippen LogP contribution in [-0.2, 0) is 4.74 Å². The van der Waals surface area contributed by atoms with E-state index in [1.807, 2.05) is 19.3 Å². The van der Waals surface area contributed by atoms with Gasteiger partial charge in [-0.15, -0.1) is 0 Å².